The van der Waals surface area contributed by atoms with Crippen LogP contribution in [0.4, 0.5) is 10.5 Å². The number of aryl methyl sites for hydroxylation is 1. The van der Waals surface area contributed by atoms with Gasteiger partial charge < -0.3 is 9.47 Å². The van der Waals surface area contributed by atoms with E-state index in [0.29, 0.717) is 22.4 Å². The van der Waals surface area contributed by atoms with E-state index in [0.717, 1.165) is 16.3 Å². The first-order valence-electron chi connectivity index (χ1n) is 7.45. The summed E-state index contributed by atoms with van der Waals surface area (Å²) in [7, 11) is 1.33. The van der Waals surface area contributed by atoms with Crippen molar-refractivity contribution in [3.8, 4) is 5.75 Å². The highest BCUT2D eigenvalue weighted by Crippen LogP contribution is 2.34. The smallest absolute Gasteiger partial charge is 0.411 e. The second-order valence-corrected chi connectivity index (χ2v) is 8.05. The van der Waals surface area contributed by atoms with Crippen LogP contribution >= 0.6 is 22.9 Å². The first-order valence-corrected chi connectivity index (χ1v) is 8.64. The van der Waals surface area contributed by atoms with Crippen molar-refractivity contribution in [1.29, 1.82) is 0 Å². The Balaban J connectivity index is 2.05. The Bertz CT molecular complexity index is 738. The maximum absolute atomic E-state index is 11.3. The van der Waals surface area contributed by atoms with Crippen LogP contribution in [0.25, 0.3) is 0 Å². The van der Waals surface area contributed by atoms with Gasteiger partial charge in [0.05, 0.1) is 12.8 Å². The second kappa shape index (κ2) is 7.40. The number of thiazole rings is 1. The lowest BCUT2D eigenvalue weighted by Gasteiger charge is -2.15. The van der Waals surface area contributed by atoms with Crippen LogP contribution in [0.3, 0.4) is 0 Å². The number of nitrogens with zero attached hydrogens (tertiary/aromatic N) is 1. The Labute approximate surface area is 151 Å². The second-order valence-electron chi connectivity index (χ2n) is 6.36. The zero-order valence-electron chi connectivity index (χ0n) is 14.4. The van der Waals surface area contributed by atoms with Crippen LogP contribution in [-0.2, 0) is 16.8 Å². The standard InChI is InChI=1S/C17H21ClN2O3S/c1-10-8-11(6-7-12(10)19-16(21)22-5)23-9-13-20-14(15(18)24-13)17(2,3)4/h6-8H,9H2,1-5H3,(H,19,21). The number of ether oxygens (including phenoxy) is 2. The quantitative estimate of drug-likeness (QED) is 0.809. The molecule has 0 aliphatic heterocycles. The van der Waals surface area contributed by atoms with E-state index in [1.54, 1.807) is 12.1 Å². The number of nitrogens with one attached hydrogen (secondary N) is 1. The molecule has 1 aromatic carbocycles. The molecule has 0 radical (unpaired) electrons. The minimum Gasteiger partial charge on any atom is -0.486 e. The Kier molecular flexibility index (Phi) is 5.72. The molecule has 0 aliphatic rings. The number of rotatable bonds is 4. The zero-order chi connectivity index (χ0) is 17.9. The summed E-state index contributed by atoms with van der Waals surface area (Å²) in [6.45, 7) is 8.47. The molecule has 1 heterocycles. The fourth-order valence-corrected chi connectivity index (χ4v) is 3.54. The molecule has 0 bridgehead atoms. The highest BCUT2D eigenvalue weighted by Gasteiger charge is 2.22. The Morgan fingerprint density at radius 3 is 2.62 bits per heavy atom. The molecule has 1 aromatic heterocycles. The van der Waals surface area contributed by atoms with Crippen LogP contribution in [0.1, 0.15) is 37.0 Å². The first-order chi connectivity index (χ1) is 11.2. The van der Waals surface area contributed by atoms with Crippen LogP contribution in [-0.4, -0.2) is 18.2 Å². The van der Waals surface area contributed by atoms with Crippen molar-refractivity contribution in [1.82, 2.24) is 4.98 Å². The topological polar surface area (TPSA) is 60.5 Å². The van der Waals surface area contributed by atoms with Crippen molar-refractivity contribution in [2.75, 3.05) is 12.4 Å². The summed E-state index contributed by atoms with van der Waals surface area (Å²) < 4.78 is 11.1. The molecule has 2 aromatic rings. The summed E-state index contributed by atoms with van der Waals surface area (Å²) in [6.07, 6.45) is -0.501. The van der Waals surface area contributed by atoms with Gasteiger partial charge in [-0.1, -0.05) is 32.4 Å². The number of hydrogen-bond acceptors (Lipinski definition) is 5. The molecule has 0 fully saturated rings. The van der Waals surface area contributed by atoms with E-state index in [1.807, 2.05) is 13.0 Å². The number of anilines is 1. The molecule has 0 aliphatic carbocycles. The summed E-state index contributed by atoms with van der Waals surface area (Å²) >= 11 is 7.70. The number of amides is 1. The molecular weight excluding hydrogens is 348 g/mol. The van der Waals surface area contributed by atoms with Crippen molar-refractivity contribution in [3.05, 3.63) is 38.8 Å². The molecule has 0 saturated carbocycles. The van der Waals surface area contributed by atoms with Gasteiger partial charge >= 0.3 is 6.09 Å². The third kappa shape index (κ3) is 4.61. The molecule has 1 amide bonds. The van der Waals surface area contributed by atoms with Gasteiger partial charge in [0.2, 0.25) is 0 Å². The highest BCUT2D eigenvalue weighted by atomic mass is 35.5. The first kappa shape index (κ1) is 18.5. The van der Waals surface area contributed by atoms with E-state index in [9.17, 15) is 4.79 Å². The van der Waals surface area contributed by atoms with E-state index >= 15 is 0 Å². The average Bonchev–Trinajstić information content (AvgIpc) is 2.88. The van der Waals surface area contributed by atoms with Gasteiger partial charge in [-0.2, -0.15) is 0 Å². The van der Waals surface area contributed by atoms with E-state index < -0.39 is 6.09 Å². The lowest BCUT2D eigenvalue weighted by molar-refractivity contribution is 0.187. The minimum absolute atomic E-state index is 0.0936. The molecule has 24 heavy (non-hydrogen) atoms. The lowest BCUT2D eigenvalue weighted by Crippen LogP contribution is -2.12. The van der Waals surface area contributed by atoms with Crippen molar-refractivity contribution in [2.24, 2.45) is 0 Å². The number of aromatic nitrogens is 1. The van der Waals surface area contributed by atoms with Crippen LogP contribution in [0.15, 0.2) is 18.2 Å². The van der Waals surface area contributed by atoms with Gasteiger partial charge in [0.1, 0.15) is 21.7 Å². The van der Waals surface area contributed by atoms with Gasteiger partial charge in [-0.3, -0.25) is 5.32 Å². The number of halogens is 1. The molecule has 1 N–H and O–H groups in total. The van der Waals surface area contributed by atoms with Gasteiger partial charge in [0, 0.05) is 11.1 Å². The zero-order valence-corrected chi connectivity index (χ0v) is 16.0. The lowest BCUT2D eigenvalue weighted by atomic mass is 9.93. The van der Waals surface area contributed by atoms with Gasteiger partial charge in [0.25, 0.3) is 0 Å². The van der Waals surface area contributed by atoms with Gasteiger partial charge in [-0.15, -0.1) is 11.3 Å². The maximum Gasteiger partial charge on any atom is 0.411 e. The highest BCUT2D eigenvalue weighted by molar-refractivity contribution is 7.16. The summed E-state index contributed by atoms with van der Waals surface area (Å²) in [6, 6.07) is 5.42. The minimum atomic E-state index is -0.501. The number of carbonyl (C=O) groups excluding carboxylic acids is 1. The summed E-state index contributed by atoms with van der Waals surface area (Å²) in [5.74, 6) is 0.701. The molecule has 2 rings (SSSR count). The Morgan fingerprint density at radius 1 is 1.38 bits per heavy atom. The predicted molar refractivity (Wildman–Crippen MR) is 97.4 cm³/mol. The molecule has 7 heteroatoms. The van der Waals surface area contributed by atoms with E-state index in [2.05, 4.69) is 35.8 Å². The fourth-order valence-electron chi connectivity index (χ4n) is 2.04. The van der Waals surface area contributed by atoms with E-state index in [4.69, 9.17) is 16.3 Å². The van der Waals surface area contributed by atoms with Crippen molar-refractivity contribution >= 4 is 34.7 Å². The van der Waals surface area contributed by atoms with Crippen LogP contribution < -0.4 is 10.1 Å². The monoisotopic (exact) mass is 368 g/mol. The number of hydrogen-bond donors (Lipinski definition) is 1. The Hall–Kier alpha value is -1.79. The van der Waals surface area contributed by atoms with Crippen molar-refractivity contribution in [3.63, 3.8) is 0 Å². The van der Waals surface area contributed by atoms with Crippen LogP contribution in [0, 0.1) is 6.92 Å². The molecule has 0 spiro atoms. The predicted octanol–water partition coefficient (Wildman–Crippen LogP) is 5.16. The number of methoxy groups -OCH3 is 1. The molecular formula is C17H21ClN2O3S. The van der Waals surface area contributed by atoms with Gasteiger partial charge in [0.15, 0.2) is 0 Å². The average molecular weight is 369 g/mol. The van der Waals surface area contributed by atoms with Crippen molar-refractivity contribution < 1.29 is 14.3 Å². The third-order valence-electron chi connectivity index (χ3n) is 3.32. The number of benzene rings is 1. The third-order valence-corrected chi connectivity index (χ3v) is 4.55. The molecule has 5 nitrogen and oxygen atoms in total. The largest absolute Gasteiger partial charge is 0.486 e. The number of carbonyl (C=O) groups is 1. The van der Waals surface area contributed by atoms with E-state index in [-0.39, 0.29) is 5.41 Å². The normalized spacial score (nSPS) is 11.2. The van der Waals surface area contributed by atoms with Crippen molar-refractivity contribution in [2.45, 2.75) is 39.7 Å². The van der Waals surface area contributed by atoms with Crippen LogP contribution in [0.2, 0.25) is 4.34 Å². The molecule has 0 saturated heterocycles. The van der Waals surface area contributed by atoms with E-state index in [1.165, 1.54) is 18.4 Å². The molecule has 130 valence electrons. The molecule has 0 unspecified atom stereocenters. The summed E-state index contributed by atoms with van der Waals surface area (Å²) in [5.41, 5.74) is 2.36. The maximum atomic E-state index is 11.3. The van der Waals surface area contributed by atoms with Gasteiger partial charge in [-0.05, 0) is 30.7 Å². The van der Waals surface area contributed by atoms with Gasteiger partial charge in [-0.25, -0.2) is 9.78 Å². The Morgan fingerprint density at radius 2 is 2.08 bits per heavy atom. The molecule has 0 atom stereocenters. The van der Waals surface area contributed by atoms with Crippen LogP contribution in [0.5, 0.6) is 5.75 Å². The summed E-state index contributed by atoms with van der Waals surface area (Å²) in [5, 5.41) is 3.48. The SMILES string of the molecule is COC(=O)Nc1ccc(OCc2nc(C(C)(C)C)c(Cl)s2)cc1C. The fraction of sp³-hybridized carbons (Fsp3) is 0.412. The summed E-state index contributed by atoms with van der Waals surface area (Å²) in [4.78, 5) is 15.8.